The number of ether oxygens (including phenoxy) is 2. The molecule has 0 saturated heterocycles. The SMILES string of the molecule is COc1ccc2oc(=S)cc(Oc3c(Cl)cccc3Cl)c2c1. The molecule has 0 aliphatic heterocycles. The van der Waals surface area contributed by atoms with Gasteiger partial charge in [0.1, 0.15) is 17.1 Å². The lowest BCUT2D eigenvalue weighted by Crippen LogP contribution is -1.90. The lowest BCUT2D eigenvalue weighted by Gasteiger charge is -2.12. The van der Waals surface area contributed by atoms with Crippen molar-refractivity contribution in [2.75, 3.05) is 7.11 Å². The van der Waals surface area contributed by atoms with E-state index < -0.39 is 0 Å². The smallest absolute Gasteiger partial charge is 0.194 e. The Labute approximate surface area is 142 Å². The van der Waals surface area contributed by atoms with Crippen LogP contribution in [0.15, 0.2) is 46.9 Å². The molecule has 6 heteroatoms. The molecule has 2 aromatic carbocycles. The highest BCUT2D eigenvalue weighted by Gasteiger charge is 2.12. The molecule has 0 aliphatic carbocycles. The summed E-state index contributed by atoms with van der Waals surface area (Å²) in [5.41, 5.74) is 0.589. The molecule has 112 valence electrons. The van der Waals surface area contributed by atoms with Crippen LogP contribution >= 0.6 is 35.4 Å². The largest absolute Gasteiger partial charge is 0.497 e. The molecule has 0 saturated carbocycles. The van der Waals surface area contributed by atoms with Gasteiger partial charge in [-0.1, -0.05) is 29.3 Å². The highest BCUT2D eigenvalue weighted by Crippen LogP contribution is 2.39. The second-order valence-corrected chi connectivity index (χ2v) is 5.66. The standard InChI is InChI=1S/C16H10Cl2O3S/c1-19-9-5-6-13-10(7-9)14(8-15(22)20-13)21-16-11(17)3-2-4-12(16)18/h2-8H,1H3. The third-order valence-electron chi connectivity index (χ3n) is 3.04. The Hall–Kier alpha value is -1.75. The van der Waals surface area contributed by atoms with Gasteiger partial charge in [-0.3, -0.25) is 0 Å². The van der Waals surface area contributed by atoms with E-state index in [1.54, 1.807) is 49.6 Å². The predicted molar refractivity (Wildman–Crippen MR) is 90.1 cm³/mol. The van der Waals surface area contributed by atoms with Gasteiger partial charge in [0.25, 0.3) is 0 Å². The maximum absolute atomic E-state index is 6.15. The number of hydrogen-bond donors (Lipinski definition) is 0. The quantitative estimate of drug-likeness (QED) is 0.519. The first-order valence-corrected chi connectivity index (χ1v) is 7.48. The minimum absolute atomic E-state index is 0.302. The number of hydrogen-bond acceptors (Lipinski definition) is 4. The summed E-state index contributed by atoms with van der Waals surface area (Å²) in [6, 6.07) is 12.1. The molecule has 3 aromatic rings. The Kier molecular flexibility index (Phi) is 4.25. The first kappa shape index (κ1) is 15.2. The second kappa shape index (κ2) is 6.16. The Bertz CT molecular complexity index is 885. The fraction of sp³-hybridized carbons (Fsp3) is 0.0625. The summed E-state index contributed by atoms with van der Waals surface area (Å²) in [5, 5.41) is 1.54. The summed E-state index contributed by atoms with van der Waals surface area (Å²) >= 11 is 17.4. The van der Waals surface area contributed by atoms with Crippen LogP contribution in [0.25, 0.3) is 11.0 Å². The van der Waals surface area contributed by atoms with Gasteiger partial charge in [0, 0.05) is 6.07 Å². The van der Waals surface area contributed by atoms with Crippen molar-refractivity contribution in [1.82, 2.24) is 0 Å². The van der Waals surface area contributed by atoms with Crippen molar-refractivity contribution in [3.05, 3.63) is 57.2 Å². The molecular formula is C16H10Cl2O3S. The number of para-hydroxylation sites is 1. The molecule has 0 unspecified atom stereocenters. The predicted octanol–water partition coefficient (Wildman–Crippen LogP) is 6.27. The van der Waals surface area contributed by atoms with Crippen molar-refractivity contribution in [2.45, 2.75) is 0 Å². The van der Waals surface area contributed by atoms with E-state index in [2.05, 4.69) is 0 Å². The molecule has 3 nitrogen and oxygen atoms in total. The van der Waals surface area contributed by atoms with Crippen LogP contribution in [0.5, 0.6) is 17.2 Å². The Balaban J connectivity index is 2.19. The van der Waals surface area contributed by atoms with Gasteiger partial charge < -0.3 is 13.9 Å². The lowest BCUT2D eigenvalue weighted by atomic mass is 10.2. The van der Waals surface area contributed by atoms with Gasteiger partial charge >= 0.3 is 0 Å². The molecule has 0 fully saturated rings. The molecule has 0 atom stereocenters. The molecule has 1 aromatic heterocycles. The van der Waals surface area contributed by atoms with Gasteiger partial charge in [-0.05, 0) is 42.5 Å². The number of methoxy groups -OCH3 is 1. The van der Waals surface area contributed by atoms with E-state index in [1.807, 2.05) is 0 Å². The first-order valence-electron chi connectivity index (χ1n) is 6.32. The van der Waals surface area contributed by atoms with Crippen LogP contribution in [0.4, 0.5) is 0 Å². The summed E-state index contributed by atoms with van der Waals surface area (Å²) in [5.74, 6) is 1.55. The summed E-state index contributed by atoms with van der Waals surface area (Å²) in [4.78, 5) is 0. The van der Waals surface area contributed by atoms with E-state index in [9.17, 15) is 0 Å². The molecule has 0 radical (unpaired) electrons. The van der Waals surface area contributed by atoms with Gasteiger partial charge in [0.05, 0.1) is 22.5 Å². The minimum Gasteiger partial charge on any atom is -0.497 e. The Morgan fingerprint density at radius 2 is 1.77 bits per heavy atom. The van der Waals surface area contributed by atoms with Crippen molar-refractivity contribution in [1.29, 1.82) is 0 Å². The molecule has 0 aliphatic rings. The second-order valence-electron chi connectivity index (χ2n) is 4.44. The zero-order valence-corrected chi connectivity index (χ0v) is 13.8. The average molecular weight is 353 g/mol. The van der Waals surface area contributed by atoms with Crippen LogP contribution in [-0.4, -0.2) is 7.11 Å². The molecule has 0 N–H and O–H groups in total. The first-order chi connectivity index (χ1) is 10.6. The fourth-order valence-electron chi connectivity index (χ4n) is 2.01. The Morgan fingerprint density at radius 1 is 1.05 bits per heavy atom. The molecule has 3 rings (SSSR count). The van der Waals surface area contributed by atoms with Gasteiger partial charge in [-0.15, -0.1) is 0 Å². The van der Waals surface area contributed by atoms with Gasteiger partial charge in [0.2, 0.25) is 0 Å². The Morgan fingerprint density at radius 3 is 2.45 bits per heavy atom. The lowest BCUT2D eigenvalue weighted by molar-refractivity contribution is 0.414. The van der Waals surface area contributed by atoms with E-state index in [1.165, 1.54) is 0 Å². The van der Waals surface area contributed by atoms with Gasteiger partial charge in [-0.25, -0.2) is 0 Å². The topological polar surface area (TPSA) is 31.6 Å². The molecule has 1 heterocycles. The van der Waals surface area contributed by atoms with Crippen molar-refractivity contribution in [3.63, 3.8) is 0 Å². The van der Waals surface area contributed by atoms with Crippen LogP contribution in [0.3, 0.4) is 0 Å². The van der Waals surface area contributed by atoms with Gasteiger partial charge in [0.15, 0.2) is 10.5 Å². The third kappa shape index (κ3) is 2.90. The van der Waals surface area contributed by atoms with Crippen molar-refractivity contribution in [2.24, 2.45) is 0 Å². The number of benzene rings is 2. The fourth-order valence-corrected chi connectivity index (χ4v) is 2.69. The van der Waals surface area contributed by atoms with E-state index >= 15 is 0 Å². The summed E-state index contributed by atoms with van der Waals surface area (Å²) in [6.07, 6.45) is 0. The molecular weight excluding hydrogens is 343 g/mol. The monoisotopic (exact) mass is 352 g/mol. The van der Waals surface area contributed by atoms with Gasteiger partial charge in [-0.2, -0.15) is 0 Å². The zero-order chi connectivity index (χ0) is 15.7. The van der Waals surface area contributed by atoms with E-state index in [4.69, 9.17) is 49.3 Å². The maximum Gasteiger partial charge on any atom is 0.194 e. The van der Waals surface area contributed by atoms with Crippen molar-refractivity contribution in [3.8, 4) is 17.2 Å². The van der Waals surface area contributed by atoms with Crippen LogP contribution < -0.4 is 9.47 Å². The van der Waals surface area contributed by atoms with E-state index in [0.717, 1.165) is 0 Å². The van der Waals surface area contributed by atoms with E-state index in [0.29, 0.717) is 43.0 Å². The van der Waals surface area contributed by atoms with Crippen LogP contribution in [0.2, 0.25) is 10.0 Å². The summed E-state index contributed by atoms with van der Waals surface area (Å²) in [6.45, 7) is 0. The summed E-state index contributed by atoms with van der Waals surface area (Å²) < 4.78 is 16.9. The molecule has 0 amide bonds. The average Bonchev–Trinajstić information content (AvgIpc) is 2.50. The number of rotatable bonds is 3. The minimum atomic E-state index is 0.302. The highest BCUT2D eigenvalue weighted by atomic mass is 35.5. The highest BCUT2D eigenvalue weighted by molar-refractivity contribution is 7.71. The third-order valence-corrected chi connectivity index (χ3v) is 3.84. The summed E-state index contributed by atoms with van der Waals surface area (Å²) in [7, 11) is 1.59. The van der Waals surface area contributed by atoms with Crippen LogP contribution in [0.1, 0.15) is 0 Å². The number of fused-ring (bicyclic) bond motifs is 1. The molecule has 0 spiro atoms. The maximum atomic E-state index is 6.15. The molecule has 22 heavy (non-hydrogen) atoms. The van der Waals surface area contributed by atoms with Crippen LogP contribution in [-0.2, 0) is 0 Å². The van der Waals surface area contributed by atoms with Crippen molar-refractivity contribution >= 4 is 46.4 Å². The number of halogens is 2. The van der Waals surface area contributed by atoms with Crippen molar-refractivity contribution < 1.29 is 13.9 Å². The van der Waals surface area contributed by atoms with E-state index in [-0.39, 0.29) is 0 Å². The zero-order valence-electron chi connectivity index (χ0n) is 11.4. The molecule has 0 bridgehead atoms. The van der Waals surface area contributed by atoms with Crippen LogP contribution in [0, 0.1) is 4.71 Å². The normalized spacial score (nSPS) is 10.7.